The van der Waals surface area contributed by atoms with Gasteiger partial charge in [0.2, 0.25) is 0 Å². The van der Waals surface area contributed by atoms with Crippen LogP contribution in [0.25, 0.3) is 0 Å². The van der Waals surface area contributed by atoms with Crippen molar-refractivity contribution < 1.29 is 9.53 Å². The van der Waals surface area contributed by atoms with Gasteiger partial charge in [-0.15, -0.1) is 0 Å². The van der Waals surface area contributed by atoms with Crippen LogP contribution in [-0.2, 0) is 0 Å². The van der Waals surface area contributed by atoms with Crippen LogP contribution in [0.3, 0.4) is 0 Å². The van der Waals surface area contributed by atoms with Gasteiger partial charge in [0.25, 0.3) is 5.91 Å². The molecule has 1 aromatic rings. The summed E-state index contributed by atoms with van der Waals surface area (Å²) >= 11 is 0. The Kier molecular flexibility index (Phi) is 3.45. The van der Waals surface area contributed by atoms with Gasteiger partial charge in [-0.05, 0) is 30.0 Å². The summed E-state index contributed by atoms with van der Waals surface area (Å²) in [6, 6.07) is 5.20. The van der Waals surface area contributed by atoms with Crippen LogP contribution >= 0.6 is 0 Å². The monoisotopic (exact) mass is 248 g/mol. The highest BCUT2D eigenvalue weighted by atomic mass is 16.5. The summed E-state index contributed by atoms with van der Waals surface area (Å²) in [6.07, 6.45) is 0. The van der Waals surface area contributed by atoms with Gasteiger partial charge in [-0.1, -0.05) is 13.8 Å². The number of anilines is 1. The molecule has 2 unspecified atom stereocenters. The Hall–Kier alpha value is -1.71. The number of ether oxygens (including phenoxy) is 1. The second-order valence-electron chi connectivity index (χ2n) is 5.12. The smallest absolute Gasteiger partial charge is 0.256 e. The number of nitrogen functional groups attached to an aromatic ring is 1. The van der Waals surface area contributed by atoms with Crippen LogP contribution < -0.4 is 10.5 Å². The van der Waals surface area contributed by atoms with Crippen LogP contribution in [-0.4, -0.2) is 31.0 Å². The van der Waals surface area contributed by atoms with Gasteiger partial charge >= 0.3 is 0 Å². The molecule has 1 heterocycles. The molecule has 4 nitrogen and oxygen atoms in total. The molecule has 4 heteroatoms. The number of amides is 1. The van der Waals surface area contributed by atoms with Crippen LogP contribution in [0, 0.1) is 11.8 Å². The molecule has 2 atom stereocenters. The molecule has 0 bridgehead atoms. The van der Waals surface area contributed by atoms with E-state index in [0.717, 1.165) is 13.1 Å². The predicted octanol–water partition coefficient (Wildman–Crippen LogP) is 2.01. The number of methoxy groups -OCH3 is 1. The Morgan fingerprint density at radius 3 is 2.50 bits per heavy atom. The molecule has 1 aliphatic rings. The van der Waals surface area contributed by atoms with Crippen LogP contribution in [0.5, 0.6) is 5.75 Å². The molecule has 1 fully saturated rings. The summed E-state index contributed by atoms with van der Waals surface area (Å²) in [5.41, 5.74) is 6.92. The van der Waals surface area contributed by atoms with Crippen molar-refractivity contribution in [2.45, 2.75) is 13.8 Å². The maximum Gasteiger partial charge on any atom is 0.256 e. The lowest BCUT2D eigenvalue weighted by Gasteiger charge is -2.17. The summed E-state index contributed by atoms with van der Waals surface area (Å²) in [6.45, 7) is 5.95. The van der Waals surface area contributed by atoms with Crippen molar-refractivity contribution in [3.05, 3.63) is 23.8 Å². The second kappa shape index (κ2) is 4.88. The van der Waals surface area contributed by atoms with E-state index < -0.39 is 0 Å². The molecule has 0 aliphatic carbocycles. The zero-order valence-corrected chi connectivity index (χ0v) is 11.1. The van der Waals surface area contributed by atoms with Crippen molar-refractivity contribution in [2.24, 2.45) is 11.8 Å². The lowest BCUT2D eigenvalue weighted by atomic mass is 10.0. The zero-order chi connectivity index (χ0) is 13.3. The first-order valence-electron chi connectivity index (χ1n) is 6.25. The van der Waals surface area contributed by atoms with E-state index in [9.17, 15) is 4.79 Å². The van der Waals surface area contributed by atoms with Crippen molar-refractivity contribution in [3.63, 3.8) is 0 Å². The summed E-state index contributed by atoms with van der Waals surface area (Å²) in [7, 11) is 1.58. The SMILES string of the molecule is COc1ccc(N)c(C(=O)N2CC(C)C(C)C2)c1. The number of hydrogen-bond donors (Lipinski definition) is 1. The van der Waals surface area contributed by atoms with Crippen LogP contribution in [0.2, 0.25) is 0 Å². The first-order chi connectivity index (χ1) is 8.52. The third kappa shape index (κ3) is 2.28. The molecule has 1 aliphatic heterocycles. The molecule has 98 valence electrons. The summed E-state index contributed by atoms with van der Waals surface area (Å²) in [4.78, 5) is 14.3. The lowest BCUT2D eigenvalue weighted by Crippen LogP contribution is -2.29. The van der Waals surface area contributed by atoms with Gasteiger partial charge in [-0.2, -0.15) is 0 Å². The number of rotatable bonds is 2. The van der Waals surface area contributed by atoms with Crippen molar-refractivity contribution in [1.29, 1.82) is 0 Å². The van der Waals surface area contributed by atoms with Gasteiger partial charge < -0.3 is 15.4 Å². The Balaban J connectivity index is 2.23. The molecular formula is C14H20N2O2. The number of carbonyl (C=O) groups excluding carboxylic acids is 1. The van der Waals surface area contributed by atoms with E-state index in [1.54, 1.807) is 25.3 Å². The lowest BCUT2D eigenvalue weighted by molar-refractivity contribution is 0.0785. The van der Waals surface area contributed by atoms with Crippen molar-refractivity contribution in [2.75, 3.05) is 25.9 Å². The highest BCUT2D eigenvalue weighted by Crippen LogP contribution is 2.27. The van der Waals surface area contributed by atoms with Gasteiger partial charge in [0, 0.05) is 18.8 Å². The van der Waals surface area contributed by atoms with Gasteiger partial charge in [-0.25, -0.2) is 0 Å². The number of hydrogen-bond acceptors (Lipinski definition) is 3. The average molecular weight is 248 g/mol. The number of carbonyl (C=O) groups is 1. The first kappa shape index (κ1) is 12.7. The molecular weight excluding hydrogens is 228 g/mol. The maximum atomic E-state index is 12.4. The maximum absolute atomic E-state index is 12.4. The van der Waals surface area contributed by atoms with Gasteiger partial charge in [0.15, 0.2) is 0 Å². The molecule has 2 N–H and O–H groups in total. The van der Waals surface area contributed by atoms with Gasteiger partial charge in [0.05, 0.1) is 12.7 Å². The van der Waals surface area contributed by atoms with Crippen LogP contribution in [0.4, 0.5) is 5.69 Å². The van der Waals surface area contributed by atoms with Gasteiger partial charge in [0.1, 0.15) is 5.75 Å². The van der Waals surface area contributed by atoms with Crippen molar-refractivity contribution in [1.82, 2.24) is 4.90 Å². The van der Waals surface area contributed by atoms with E-state index in [0.29, 0.717) is 28.8 Å². The predicted molar refractivity (Wildman–Crippen MR) is 71.6 cm³/mol. The molecule has 0 radical (unpaired) electrons. The Bertz CT molecular complexity index is 449. The topological polar surface area (TPSA) is 55.6 Å². The second-order valence-corrected chi connectivity index (χ2v) is 5.12. The van der Waals surface area contributed by atoms with E-state index in [1.807, 2.05) is 4.90 Å². The van der Waals surface area contributed by atoms with Crippen LogP contribution in [0.1, 0.15) is 24.2 Å². The van der Waals surface area contributed by atoms with E-state index >= 15 is 0 Å². The van der Waals surface area contributed by atoms with Crippen molar-refractivity contribution in [3.8, 4) is 5.75 Å². The highest BCUT2D eigenvalue weighted by molar-refractivity contribution is 5.99. The molecule has 18 heavy (non-hydrogen) atoms. The number of nitrogens with two attached hydrogens (primary N) is 1. The standard InChI is InChI=1S/C14H20N2O2/c1-9-7-16(8-10(9)2)14(17)12-6-11(18-3)4-5-13(12)15/h4-6,9-10H,7-8,15H2,1-3H3. The fourth-order valence-electron chi connectivity index (χ4n) is 2.31. The normalized spacial score (nSPS) is 23.2. The molecule has 0 aromatic heterocycles. The molecule has 2 rings (SSSR count). The average Bonchev–Trinajstić information content (AvgIpc) is 2.69. The number of nitrogens with zero attached hydrogens (tertiary/aromatic N) is 1. The minimum absolute atomic E-state index is 0.00241. The zero-order valence-electron chi connectivity index (χ0n) is 11.1. The first-order valence-corrected chi connectivity index (χ1v) is 6.25. The third-order valence-corrected chi connectivity index (χ3v) is 3.77. The Morgan fingerprint density at radius 2 is 1.94 bits per heavy atom. The van der Waals surface area contributed by atoms with E-state index in [2.05, 4.69) is 13.8 Å². The number of benzene rings is 1. The molecule has 1 aromatic carbocycles. The fraction of sp³-hybridized carbons (Fsp3) is 0.500. The molecule has 1 amide bonds. The molecule has 0 spiro atoms. The van der Waals surface area contributed by atoms with Gasteiger partial charge in [-0.3, -0.25) is 4.79 Å². The van der Waals surface area contributed by atoms with E-state index in [1.165, 1.54) is 0 Å². The summed E-state index contributed by atoms with van der Waals surface area (Å²) < 4.78 is 5.14. The largest absolute Gasteiger partial charge is 0.497 e. The van der Waals surface area contributed by atoms with E-state index in [4.69, 9.17) is 10.5 Å². The summed E-state index contributed by atoms with van der Waals surface area (Å²) in [5.74, 6) is 1.75. The Morgan fingerprint density at radius 1 is 1.33 bits per heavy atom. The van der Waals surface area contributed by atoms with E-state index in [-0.39, 0.29) is 5.91 Å². The molecule has 0 saturated carbocycles. The number of likely N-dealkylation sites (tertiary alicyclic amines) is 1. The van der Waals surface area contributed by atoms with Crippen molar-refractivity contribution >= 4 is 11.6 Å². The quantitative estimate of drug-likeness (QED) is 0.814. The Labute approximate surface area is 108 Å². The highest BCUT2D eigenvalue weighted by Gasteiger charge is 2.30. The minimum Gasteiger partial charge on any atom is -0.497 e. The molecule has 1 saturated heterocycles. The van der Waals surface area contributed by atoms with Crippen LogP contribution in [0.15, 0.2) is 18.2 Å². The third-order valence-electron chi connectivity index (χ3n) is 3.77. The minimum atomic E-state index is 0.00241. The summed E-state index contributed by atoms with van der Waals surface area (Å²) in [5, 5.41) is 0. The fourth-order valence-corrected chi connectivity index (χ4v) is 2.31.